The Balaban J connectivity index is 2.40. The zero-order valence-corrected chi connectivity index (χ0v) is 6.46. The molecule has 0 amide bonds. The van der Waals surface area contributed by atoms with Crippen molar-refractivity contribution < 1.29 is 0 Å². The van der Waals surface area contributed by atoms with Crippen LogP contribution in [0, 0.1) is 31.6 Å². The SMILES string of the molecule is C=C([C]1[CH][CH][CH][CH]1)N(C)C. The minimum Gasteiger partial charge on any atom is -0.381 e. The van der Waals surface area contributed by atoms with Crippen molar-refractivity contribution in [3.8, 4) is 0 Å². The van der Waals surface area contributed by atoms with Gasteiger partial charge in [0, 0.05) is 25.7 Å². The van der Waals surface area contributed by atoms with Crippen molar-refractivity contribution in [3.05, 3.63) is 43.9 Å². The van der Waals surface area contributed by atoms with E-state index in [1.807, 2.05) is 31.8 Å². The molecule has 0 aromatic heterocycles. The summed E-state index contributed by atoms with van der Waals surface area (Å²) in [6.45, 7) is 3.92. The van der Waals surface area contributed by atoms with E-state index in [1.54, 1.807) is 0 Å². The van der Waals surface area contributed by atoms with E-state index in [1.165, 1.54) is 5.92 Å². The Labute approximate surface area is 63.7 Å². The van der Waals surface area contributed by atoms with Crippen molar-refractivity contribution in [2.45, 2.75) is 0 Å². The standard InChI is InChI=1S/C9H12N/c1-8(10(2)3)9-6-4-5-7-9/h4-7H,1H2,2-3H3. The van der Waals surface area contributed by atoms with E-state index < -0.39 is 0 Å². The Morgan fingerprint density at radius 2 is 1.80 bits per heavy atom. The molecule has 0 aromatic carbocycles. The van der Waals surface area contributed by atoms with Crippen LogP contribution in [-0.2, 0) is 0 Å². The first-order chi connectivity index (χ1) is 4.72. The summed E-state index contributed by atoms with van der Waals surface area (Å²) in [5.74, 6) is 1.20. The highest BCUT2D eigenvalue weighted by Gasteiger charge is 2.20. The van der Waals surface area contributed by atoms with Crippen LogP contribution in [0.3, 0.4) is 0 Å². The van der Waals surface area contributed by atoms with E-state index in [0.717, 1.165) is 5.70 Å². The highest BCUT2D eigenvalue weighted by Crippen LogP contribution is 2.29. The van der Waals surface area contributed by atoms with Crippen LogP contribution >= 0.6 is 0 Å². The van der Waals surface area contributed by atoms with Crippen molar-refractivity contribution in [1.82, 2.24) is 4.90 Å². The number of allylic oxidation sites excluding steroid dienone is 1. The minimum atomic E-state index is 1.06. The Kier molecular flexibility index (Phi) is 2.36. The van der Waals surface area contributed by atoms with Crippen LogP contribution in [0.2, 0.25) is 0 Å². The quantitative estimate of drug-likeness (QED) is 0.552. The molecule has 0 saturated heterocycles. The smallest absolute Gasteiger partial charge is 0.0281 e. The van der Waals surface area contributed by atoms with E-state index in [4.69, 9.17) is 0 Å². The van der Waals surface area contributed by atoms with E-state index in [0.29, 0.717) is 0 Å². The fraction of sp³-hybridized carbons (Fsp3) is 0.222. The average Bonchev–Trinajstić information content (AvgIpc) is 2.36. The monoisotopic (exact) mass is 134 g/mol. The number of hydrogen-bond acceptors (Lipinski definition) is 1. The molecule has 1 saturated carbocycles. The second kappa shape index (κ2) is 3.09. The molecule has 0 heterocycles. The van der Waals surface area contributed by atoms with Crippen molar-refractivity contribution in [2.75, 3.05) is 14.1 Å². The van der Waals surface area contributed by atoms with Gasteiger partial charge in [-0.3, -0.25) is 0 Å². The van der Waals surface area contributed by atoms with Crippen molar-refractivity contribution in [3.63, 3.8) is 0 Å². The van der Waals surface area contributed by atoms with Crippen molar-refractivity contribution in [2.24, 2.45) is 0 Å². The predicted octanol–water partition coefficient (Wildman–Crippen LogP) is 1.47. The van der Waals surface area contributed by atoms with Gasteiger partial charge in [-0.05, 0) is 25.7 Å². The molecule has 0 atom stereocenters. The number of rotatable bonds is 2. The molecule has 0 aromatic rings. The molecule has 53 valence electrons. The van der Waals surface area contributed by atoms with Crippen LogP contribution < -0.4 is 0 Å². The fourth-order valence-electron chi connectivity index (χ4n) is 0.825. The van der Waals surface area contributed by atoms with E-state index in [-0.39, 0.29) is 0 Å². The summed E-state index contributed by atoms with van der Waals surface area (Å²) in [6.07, 6.45) is 8.15. The molecule has 0 spiro atoms. The zero-order valence-electron chi connectivity index (χ0n) is 6.46. The Hall–Kier alpha value is -0.460. The molecule has 1 aliphatic rings. The fourth-order valence-corrected chi connectivity index (χ4v) is 0.825. The maximum atomic E-state index is 3.92. The van der Waals surface area contributed by atoms with Crippen LogP contribution in [-0.4, -0.2) is 19.0 Å². The average molecular weight is 134 g/mol. The Morgan fingerprint density at radius 3 is 2.20 bits per heavy atom. The summed E-state index contributed by atoms with van der Waals surface area (Å²) in [5.41, 5.74) is 1.06. The lowest BCUT2D eigenvalue weighted by atomic mass is 10.0. The van der Waals surface area contributed by atoms with Gasteiger partial charge in [0.1, 0.15) is 0 Å². The lowest BCUT2D eigenvalue weighted by molar-refractivity contribution is 0.514. The first-order valence-electron chi connectivity index (χ1n) is 3.30. The van der Waals surface area contributed by atoms with Gasteiger partial charge in [0.25, 0.3) is 0 Å². The minimum absolute atomic E-state index is 1.06. The van der Waals surface area contributed by atoms with Gasteiger partial charge in [-0.2, -0.15) is 0 Å². The molecule has 0 aliphatic heterocycles. The first-order valence-corrected chi connectivity index (χ1v) is 3.30. The summed E-state index contributed by atoms with van der Waals surface area (Å²) in [4.78, 5) is 2.01. The number of nitrogens with zero attached hydrogens (tertiary/aromatic N) is 1. The van der Waals surface area contributed by atoms with Gasteiger partial charge in [-0.25, -0.2) is 0 Å². The lowest BCUT2D eigenvalue weighted by Gasteiger charge is -2.20. The van der Waals surface area contributed by atoms with E-state index >= 15 is 0 Å². The third kappa shape index (κ3) is 1.53. The van der Waals surface area contributed by atoms with Crippen molar-refractivity contribution in [1.29, 1.82) is 0 Å². The Morgan fingerprint density at radius 1 is 1.30 bits per heavy atom. The molecule has 1 aliphatic carbocycles. The Bertz CT molecular complexity index is 121. The van der Waals surface area contributed by atoms with Crippen LogP contribution in [0.15, 0.2) is 12.3 Å². The summed E-state index contributed by atoms with van der Waals surface area (Å²) in [5, 5.41) is 0. The molecular formula is C9H12N. The van der Waals surface area contributed by atoms with Gasteiger partial charge in [-0.1, -0.05) is 6.58 Å². The molecule has 5 radical (unpaired) electrons. The normalized spacial score (nSPS) is 19.4. The predicted molar refractivity (Wildman–Crippen MR) is 43.3 cm³/mol. The highest BCUT2D eigenvalue weighted by molar-refractivity contribution is 5.45. The maximum absolute atomic E-state index is 3.92. The molecule has 0 unspecified atom stereocenters. The van der Waals surface area contributed by atoms with Crippen LogP contribution in [0.5, 0.6) is 0 Å². The van der Waals surface area contributed by atoms with Crippen LogP contribution in [0.1, 0.15) is 0 Å². The summed E-state index contributed by atoms with van der Waals surface area (Å²) < 4.78 is 0. The van der Waals surface area contributed by atoms with Gasteiger partial charge in [0.2, 0.25) is 0 Å². The maximum Gasteiger partial charge on any atom is 0.0281 e. The zero-order chi connectivity index (χ0) is 7.56. The molecule has 1 nitrogen and oxygen atoms in total. The van der Waals surface area contributed by atoms with E-state index in [2.05, 4.69) is 19.4 Å². The lowest BCUT2D eigenvalue weighted by Crippen LogP contribution is -2.15. The largest absolute Gasteiger partial charge is 0.381 e. The molecule has 10 heavy (non-hydrogen) atoms. The third-order valence-electron chi connectivity index (χ3n) is 1.54. The third-order valence-corrected chi connectivity index (χ3v) is 1.54. The second-order valence-electron chi connectivity index (χ2n) is 2.51. The topological polar surface area (TPSA) is 3.24 Å². The van der Waals surface area contributed by atoms with E-state index in [9.17, 15) is 0 Å². The molecule has 1 rings (SSSR count). The van der Waals surface area contributed by atoms with Gasteiger partial charge in [0.15, 0.2) is 0 Å². The molecule has 0 bridgehead atoms. The number of hydrogen-bond donors (Lipinski definition) is 0. The van der Waals surface area contributed by atoms with Crippen LogP contribution in [0.25, 0.3) is 0 Å². The summed E-state index contributed by atoms with van der Waals surface area (Å²) in [6, 6.07) is 0. The van der Waals surface area contributed by atoms with Crippen molar-refractivity contribution >= 4 is 0 Å². The van der Waals surface area contributed by atoms with Gasteiger partial charge < -0.3 is 4.90 Å². The molecular weight excluding hydrogens is 122 g/mol. The molecule has 0 N–H and O–H groups in total. The first kappa shape index (κ1) is 7.64. The van der Waals surface area contributed by atoms with Gasteiger partial charge >= 0.3 is 0 Å². The highest BCUT2D eigenvalue weighted by atomic mass is 15.1. The molecule has 1 heteroatoms. The van der Waals surface area contributed by atoms with Gasteiger partial charge in [-0.15, -0.1) is 0 Å². The van der Waals surface area contributed by atoms with Crippen LogP contribution in [0.4, 0.5) is 0 Å². The summed E-state index contributed by atoms with van der Waals surface area (Å²) >= 11 is 0. The van der Waals surface area contributed by atoms with Gasteiger partial charge in [0.05, 0.1) is 0 Å². The summed E-state index contributed by atoms with van der Waals surface area (Å²) in [7, 11) is 3.99. The molecule has 1 fully saturated rings. The second-order valence-corrected chi connectivity index (χ2v) is 2.51.